The Balaban J connectivity index is 2.29. The molecule has 0 saturated heterocycles. The van der Waals surface area contributed by atoms with Gasteiger partial charge in [-0.2, -0.15) is 0 Å². The third-order valence-electron chi connectivity index (χ3n) is 3.00. The van der Waals surface area contributed by atoms with Crippen LogP contribution in [-0.4, -0.2) is 33.9 Å². The van der Waals surface area contributed by atoms with Gasteiger partial charge in [-0.25, -0.2) is 4.98 Å². The molecule has 0 atom stereocenters. The Morgan fingerprint density at radius 3 is 2.59 bits per heavy atom. The van der Waals surface area contributed by atoms with Crippen molar-refractivity contribution in [2.75, 3.05) is 0 Å². The summed E-state index contributed by atoms with van der Waals surface area (Å²) in [7, 11) is 0. The van der Waals surface area contributed by atoms with Crippen LogP contribution in [0, 0.1) is 0 Å². The number of nitrogens with zero attached hydrogens (tertiary/aromatic N) is 2. The van der Waals surface area contributed by atoms with Crippen molar-refractivity contribution in [3.05, 3.63) is 23.5 Å². The van der Waals surface area contributed by atoms with Gasteiger partial charge in [0, 0.05) is 6.20 Å². The van der Waals surface area contributed by atoms with Crippen LogP contribution in [0.3, 0.4) is 0 Å². The van der Waals surface area contributed by atoms with Crippen molar-refractivity contribution in [3.8, 4) is 0 Å². The van der Waals surface area contributed by atoms with E-state index in [2.05, 4.69) is 15.5 Å². The van der Waals surface area contributed by atoms with E-state index in [-0.39, 0.29) is 5.56 Å². The first-order chi connectivity index (χ1) is 10.4. The number of rotatable bonds is 6. The fourth-order valence-electron chi connectivity index (χ4n) is 1.92. The molecule has 2 aromatic heterocycles. The van der Waals surface area contributed by atoms with Crippen molar-refractivity contribution in [2.24, 2.45) is 11.5 Å². The summed E-state index contributed by atoms with van der Waals surface area (Å²) in [6, 6.07) is -0.0566. The first-order valence-corrected chi connectivity index (χ1v) is 6.57. The van der Waals surface area contributed by atoms with E-state index in [0.29, 0.717) is 23.2 Å². The van der Waals surface area contributed by atoms with Crippen molar-refractivity contribution in [2.45, 2.75) is 25.8 Å². The summed E-state index contributed by atoms with van der Waals surface area (Å²) in [5, 5.41) is 6.65. The zero-order valence-electron chi connectivity index (χ0n) is 11.8. The molecule has 5 N–H and O–H groups in total. The van der Waals surface area contributed by atoms with Crippen LogP contribution in [-0.2, 0) is 16.0 Å². The molecular formula is C13H15N5O4. The lowest BCUT2D eigenvalue weighted by molar-refractivity contribution is -0.128. The number of fused-ring (bicyclic) bond motifs is 1. The van der Waals surface area contributed by atoms with Gasteiger partial charge >= 0.3 is 0 Å². The van der Waals surface area contributed by atoms with Gasteiger partial charge in [0.2, 0.25) is 11.8 Å². The van der Waals surface area contributed by atoms with Crippen molar-refractivity contribution >= 4 is 28.8 Å². The summed E-state index contributed by atoms with van der Waals surface area (Å²) >= 11 is 0. The van der Waals surface area contributed by atoms with Gasteiger partial charge in [0.1, 0.15) is 0 Å². The minimum Gasteiger partial charge on any atom is -0.367 e. The second kappa shape index (κ2) is 6.20. The molecule has 0 aromatic carbocycles. The maximum Gasteiger partial charge on any atom is 0.257 e. The Labute approximate surface area is 125 Å². The summed E-state index contributed by atoms with van der Waals surface area (Å²) in [5.41, 5.74) is 11.1. The van der Waals surface area contributed by atoms with Crippen molar-refractivity contribution < 1.29 is 18.9 Å². The molecule has 2 aromatic rings. The molecule has 0 bridgehead atoms. The predicted molar refractivity (Wildman–Crippen MR) is 75.4 cm³/mol. The Morgan fingerprint density at radius 1 is 1.32 bits per heavy atom. The topological polar surface area (TPSA) is 154 Å². The van der Waals surface area contributed by atoms with E-state index in [0.717, 1.165) is 6.42 Å². The molecule has 0 fully saturated rings. The molecule has 0 radical (unpaired) electrons. The van der Waals surface area contributed by atoms with Gasteiger partial charge in [-0.15, -0.1) is 0 Å². The number of nitrogens with one attached hydrogen (secondary N) is 1. The van der Waals surface area contributed by atoms with Crippen LogP contribution in [0.4, 0.5) is 0 Å². The molecule has 2 rings (SSSR count). The maximum absolute atomic E-state index is 12.1. The molecule has 0 saturated carbocycles. The summed E-state index contributed by atoms with van der Waals surface area (Å²) in [6.45, 7) is 1.98. The van der Waals surface area contributed by atoms with E-state index >= 15 is 0 Å². The van der Waals surface area contributed by atoms with Crippen LogP contribution in [0.25, 0.3) is 11.1 Å². The average Bonchev–Trinajstić information content (AvgIpc) is 2.86. The molecule has 0 aliphatic rings. The van der Waals surface area contributed by atoms with Gasteiger partial charge in [0.05, 0.1) is 16.6 Å². The largest absolute Gasteiger partial charge is 0.367 e. The molecule has 0 aliphatic heterocycles. The number of nitrogens with two attached hydrogens (primary N) is 2. The van der Waals surface area contributed by atoms with Crippen LogP contribution < -0.4 is 16.8 Å². The van der Waals surface area contributed by atoms with Gasteiger partial charge < -0.3 is 21.3 Å². The minimum atomic E-state index is -1.58. The Morgan fingerprint density at radius 2 is 2.00 bits per heavy atom. The van der Waals surface area contributed by atoms with Crippen LogP contribution in [0.1, 0.15) is 29.4 Å². The van der Waals surface area contributed by atoms with E-state index in [1.165, 1.54) is 12.3 Å². The zero-order chi connectivity index (χ0) is 16.3. The smallest absolute Gasteiger partial charge is 0.257 e. The number of aryl methyl sites for hydroxylation is 1. The molecule has 9 nitrogen and oxygen atoms in total. The lowest BCUT2D eigenvalue weighted by Gasteiger charge is -2.11. The summed E-state index contributed by atoms with van der Waals surface area (Å²) in [6.07, 6.45) is 2.77. The number of carbonyl (C=O) groups is 3. The lowest BCUT2D eigenvalue weighted by Crippen LogP contribution is -2.52. The van der Waals surface area contributed by atoms with E-state index in [4.69, 9.17) is 16.0 Å². The fourth-order valence-corrected chi connectivity index (χ4v) is 1.92. The number of primary amides is 2. The molecule has 116 valence electrons. The highest BCUT2D eigenvalue weighted by molar-refractivity contribution is 6.08. The highest BCUT2D eigenvalue weighted by Gasteiger charge is 2.25. The molecule has 3 amide bonds. The number of hydrogen-bond acceptors (Lipinski definition) is 6. The van der Waals surface area contributed by atoms with Gasteiger partial charge in [0.15, 0.2) is 6.04 Å². The zero-order valence-corrected chi connectivity index (χ0v) is 11.8. The van der Waals surface area contributed by atoms with Gasteiger partial charge in [0.25, 0.3) is 11.6 Å². The highest BCUT2D eigenvalue weighted by Crippen LogP contribution is 2.19. The number of pyridine rings is 1. The second-order valence-electron chi connectivity index (χ2n) is 4.67. The maximum atomic E-state index is 12.1. The number of aromatic nitrogens is 2. The summed E-state index contributed by atoms with van der Waals surface area (Å²) < 4.78 is 5.05. The summed E-state index contributed by atoms with van der Waals surface area (Å²) in [4.78, 5) is 38.2. The molecule has 2 heterocycles. The Hall–Kier alpha value is -2.97. The van der Waals surface area contributed by atoms with E-state index in [1.54, 1.807) is 0 Å². The standard InChI is InChI=1S/C13H15N5O4/c1-2-3-8-7-4-6(5-16-13(7)22-18-8)12(21)17-9(10(14)19)11(15)20/h4-5,9H,2-3H2,1H3,(H2,14,19)(H2,15,20)(H,17,21). The molecule has 0 spiro atoms. The fraction of sp³-hybridized carbons (Fsp3) is 0.308. The van der Waals surface area contributed by atoms with E-state index in [1.807, 2.05) is 6.92 Å². The molecule has 9 heteroatoms. The van der Waals surface area contributed by atoms with Crippen LogP contribution in [0.15, 0.2) is 16.8 Å². The Bertz CT molecular complexity index is 725. The Kier molecular flexibility index (Phi) is 4.35. The van der Waals surface area contributed by atoms with E-state index in [9.17, 15) is 14.4 Å². The number of carbonyl (C=O) groups excluding carboxylic acids is 3. The van der Waals surface area contributed by atoms with Gasteiger partial charge in [-0.3, -0.25) is 14.4 Å². The minimum absolute atomic E-state index is 0.139. The number of hydrogen-bond donors (Lipinski definition) is 3. The number of amides is 3. The predicted octanol–water partition coefficient (Wildman–Crippen LogP) is -0.756. The molecule has 0 aliphatic carbocycles. The SMILES string of the molecule is CCCc1noc2ncc(C(=O)NC(C(N)=O)C(N)=O)cc12. The molecule has 0 unspecified atom stereocenters. The van der Waals surface area contributed by atoms with Gasteiger partial charge in [-0.1, -0.05) is 18.5 Å². The quantitative estimate of drug-likeness (QED) is 0.596. The lowest BCUT2D eigenvalue weighted by atomic mass is 10.1. The summed E-state index contributed by atoms with van der Waals surface area (Å²) in [5.74, 6) is -2.77. The van der Waals surface area contributed by atoms with Crippen LogP contribution in [0.5, 0.6) is 0 Å². The molecule has 22 heavy (non-hydrogen) atoms. The van der Waals surface area contributed by atoms with Crippen LogP contribution in [0.2, 0.25) is 0 Å². The third kappa shape index (κ3) is 3.03. The van der Waals surface area contributed by atoms with Crippen molar-refractivity contribution in [3.63, 3.8) is 0 Å². The first-order valence-electron chi connectivity index (χ1n) is 6.57. The highest BCUT2D eigenvalue weighted by atomic mass is 16.5. The van der Waals surface area contributed by atoms with E-state index < -0.39 is 23.8 Å². The second-order valence-corrected chi connectivity index (χ2v) is 4.67. The first kappa shape index (κ1) is 15.4. The van der Waals surface area contributed by atoms with Gasteiger partial charge in [-0.05, 0) is 12.5 Å². The normalized spacial score (nSPS) is 10.8. The van der Waals surface area contributed by atoms with Crippen LogP contribution >= 0.6 is 0 Å². The monoisotopic (exact) mass is 305 g/mol. The van der Waals surface area contributed by atoms with Crippen molar-refractivity contribution in [1.82, 2.24) is 15.5 Å². The molecular weight excluding hydrogens is 290 g/mol. The average molecular weight is 305 g/mol. The third-order valence-corrected chi connectivity index (χ3v) is 3.00. The van der Waals surface area contributed by atoms with Crippen molar-refractivity contribution in [1.29, 1.82) is 0 Å².